The van der Waals surface area contributed by atoms with Crippen LogP contribution < -0.4 is 14.4 Å². The van der Waals surface area contributed by atoms with E-state index in [0.717, 1.165) is 22.7 Å². The summed E-state index contributed by atoms with van der Waals surface area (Å²) in [5.74, 6) is 1.05. The number of hydrogen-bond acceptors (Lipinski definition) is 6. The van der Waals surface area contributed by atoms with E-state index < -0.39 is 0 Å². The average molecular weight is 427 g/mol. The highest BCUT2D eigenvalue weighted by Crippen LogP contribution is 2.28. The standard InChI is InChI=1S/C24H30N2O5/c1-3-30-21-10-6-4-8-19(21)12-13-24(28)31-18-23(27)26-16-14-25(15-17-26)20-9-5-7-11-22(20)29-2/h4-11H,3,12-18H2,1-2H3. The van der Waals surface area contributed by atoms with Gasteiger partial charge >= 0.3 is 5.97 Å². The number of esters is 1. The summed E-state index contributed by atoms with van der Waals surface area (Å²) in [5.41, 5.74) is 1.98. The summed E-state index contributed by atoms with van der Waals surface area (Å²) in [4.78, 5) is 28.5. The molecule has 1 aliphatic rings. The van der Waals surface area contributed by atoms with Crippen molar-refractivity contribution in [2.24, 2.45) is 0 Å². The van der Waals surface area contributed by atoms with Gasteiger partial charge in [-0.15, -0.1) is 0 Å². The highest BCUT2D eigenvalue weighted by atomic mass is 16.5. The molecule has 1 fully saturated rings. The Morgan fingerprint density at radius 1 is 0.935 bits per heavy atom. The fourth-order valence-corrected chi connectivity index (χ4v) is 3.64. The van der Waals surface area contributed by atoms with Crippen molar-refractivity contribution in [1.29, 1.82) is 0 Å². The van der Waals surface area contributed by atoms with Gasteiger partial charge in [-0.1, -0.05) is 30.3 Å². The minimum absolute atomic E-state index is 0.164. The molecule has 7 heteroatoms. The fourth-order valence-electron chi connectivity index (χ4n) is 3.64. The predicted octanol–water partition coefficient (Wildman–Crippen LogP) is 2.92. The SMILES string of the molecule is CCOc1ccccc1CCC(=O)OCC(=O)N1CCN(c2ccccc2OC)CC1. The van der Waals surface area contributed by atoms with Gasteiger partial charge in [0.1, 0.15) is 11.5 Å². The molecule has 1 heterocycles. The van der Waals surface area contributed by atoms with Crippen LogP contribution >= 0.6 is 0 Å². The molecule has 2 aromatic carbocycles. The maximum Gasteiger partial charge on any atom is 0.306 e. The number of hydrogen-bond donors (Lipinski definition) is 0. The van der Waals surface area contributed by atoms with Gasteiger partial charge in [0.2, 0.25) is 0 Å². The van der Waals surface area contributed by atoms with E-state index in [2.05, 4.69) is 4.90 Å². The second-order valence-electron chi connectivity index (χ2n) is 7.24. The van der Waals surface area contributed by atoms with Crippen molar-refractivity contribution in [3.63, 3.8) is 0 Å². The lowest BCUT2D eigenvalue weighted by Crippen LogP contribution is -2.50. The van der Waals surface area contributed by atoms with E-state index in [0.29, 0.717) is 39.2 Å². The van der Waals surface area contributed by atoms with Gasteiger partial charge in [-0.2, -0.15) is 0 Å². The number of amides is 1. The number of carbonyl (C=O) groups excluding carboxylic acids is 2. The Kier molecular flexibility index (Phi) is 8.15. The van der Waals surface area contributed by atoms with Crippen LogP contribution in [0.1, 0.15) is 18.9 Å². The quantitative estimate of drug-likeness (QED) is 0.575. The molecule has 3 rings (SSSR count). The molecule has 0 unspecified atom stereocenters. The van der Waals surface area contributed by atoms with E-state index >= 15 is 0 Å². The lowest BCUT2D eigenvalue weighted by molar-refractivity contribution is -0.152. The number of para-hydroxylation sites is 3. The third-order valence-corrected chi connectivity index (χ3v) is 5.29. The number of carbonyl (C=O) groups is 2. The highest BCUT2D eigenvalue weighted by molar-refractivity contribution is 5.81. The number of benzene rings is 2. The van der Waals surface area contributed by atoms with Crippen molar-refractivity contribution in [2.45, 2.75) is 19.8 Å². The van der Waals surface area contributed by atoms with E-state index in [1.54, 1.807) is 12.0 Å². The summed E-state index contributed by atoms with van der Waals surface area (Å²) in [6.45, 7) is 4.84. The highest BCUT2D eigenvalue weighted by Gasteiger charge is 2.23. The molecule has 0 radical (unpaired) electrons. The first-order valence-electron chi connectivity index (χ1n) is 10.6. The van der Waals surface area contributed by atoms with Gasteiger partial charge in [0.05, 0.1) is 19.4 Å². The van der Waals surface area contributed by atoms with Crippen LogP contribution in [0.4, 0.5) is 5.69 Å². The van der Waals surface area contributed by atoms with Crippen molar-refractivity contribution in [3.8, 4) is 11.5 Å². The van der Waals surface area contributed by atoms with Gasteiger partial charge in [0.15, 0.2) is 6.61 Å². The largest absolute Gasteiger partial charge is 0.495 e. The first-order valence-corrected chi connectivity index (χ1v) is 10.6. The van der Waals surface area contributed by atoms with Gasteiger partial charge in [-0.3, -0.25) is 9.59 Å². The molecule has 2 aromatic rings. The minimum atomic E-state index is -0.382. The van der Waals surface area contributed by atoms with E-state index in [-0.39, 0.29) is 24.9 Å². The van der Waals surface area contributed by atoms with Gasteiger partial charge in [-0.25, -0.2) is 0 Å². The summed E-state index contributed by atoms with van der Waals surface area (Å²) < 4.78 is 16.2. The Morgan fingerprint density at radius 3 is 2.32 bits per heavy atom. The summed E-state index contributed by atoms with van der Waals surface area (Å²) in [5, 5.41) is 0. The summed E-state index contributed by atoms with van der Waals surface area (Å²) in [7, 11) is 1.66. The van der Waals surface area contributed by atoms with Crippen molar-refractivity contribution in [1.82, 2.24) is 4.90 Å². The number of piperazine rings is 1. The molecule has 1 saturated heterocycles. The second kappa shape index (κ2) is 11.2. The van der Waals surface area contributed by atoms with Crippen LogP contribution in [0.5, 0.6) is 11.5 Å². The Bertz CT molecular complexity index is 878. The zero-order valence-corrected chi connectivity index (χ0v) is 18.2. The molecule has 0 N–H and O–H groups in total. The normalized spacial score (nSPS) is 13.6. The van der Waals surface area contributed by atoms with Gasteiger partial charge < -0.3 is 24.0 Å². The molecule has 0 atom stereocenters. The van der Waals surface area contributed by atoms with E-state index in [1.165, 1.54) is 0 Å². The Balaban J connectivity index is 1.42. The Labute approximate surface area is 183 Å². The molecule has 166 valence electrons. The first kappa shape index (κ1) is 22.5. The molecular weight excluding hydrogens is 396 g/mol. The maximum atomic E-state index is 12.5. The molecule has 0 bridgehead atoms. The second-order valence-corrected chi connectivity index (χ2v) is 7.24. The van der Waals surface area contributed by atoms with Crippen molar-refractivity contribution < 1.29 is 23.8 Å². The van der Waals surface area contributed by atoms with Crippen LogP contribution in [-0.2, 0) is 20.7 Å². The van der Waals surface area contributed by atoms with Gasteiger partial charge in [-0.05, 0) is 37.1 Å². The summed E-state index contributed by atoms with van der Waals surface area (Å²) in [6.07, 6.45) is 0.722. The number of anilines is 1. The predicted molar refractivity (Wildman–Crippen MR) is 119 cm³/mol. The molecule has 0 spiro atoms. The zero-order chi connectivity index (χ0) is 22.1. The van der Waals surface area contributed by atoms with Gasteiger partial charge in [0.25, 0.3) is 5.91 Å². The molecule has 1 amide bonds. The van der Waals surface area contributed by atoms with Crippen LogP contribution in [0.25, 0.3) is 0 Å². The van der Waals surface area contributed by atoms with Crippen LogP contribution in [0.3, 0.4) is 0 Å². The van der Waals surface area contributed by atoms with Crippen molar-refractivity contribution in [2.75, 3.05) is 51.4 Å². The summed E-state index contributed by atoms with van der Waals surface area (Å²) >= 11 is 0. The molecule has 0 aromatic heterocycles. The van der Waals surface area contributed by atoms with Gasteiger partial charge in [0, 0.05) is 32.6 Å². The van der Waals surface area contributed by atoms with Crippen molar-refractivity contribution in [3.05, 3.63) is 54.1 Å². The van der Waals surface area contributed by atoms with Crippen LogP contribution in [0.15, 0.2) is 48.5 Å². The average Bonchev–Trinajstić information content (AvgIpc) is 2.82. The molecule has 1 aliphatic heterocycles. The lowest BCUT2D eigenvalue weighted by atomic mass is 10.1. The van der Waals surface area contributed by atoms with E-state index in [4.69, 9.17) is 14.2 Å². The third kappa shape index (κ3) is 6.13. The van der Waals surface area contributed by atoms with Crippen LogP contribution in [-0.4, -0.2) is 63.3 Å². The van der Waals surface area contributed by atoms with Crippen LogP contribution in [0, 0.1) is 0 Å². The smallest absolute Gasteiger partial charge is 0.306 e. The van der Waals surface area contributed by atoms with E-state index in [1.807, 2.05) is 55.5 Å². The number of nitrogens with zero attached hydrogens (tertiary/aromatic N) is 2. The number of methoxy groups -OCH3 is 1. The van der Waals surface area contributed by atoms with Crippen LogP contribution in [0.2, 0.25) is 0 Å². The summed E-state index contributed by atoms with van der Waals surface area (Å²) in [6, 6.07) is 15.5. The van der Waals surface area contributed by atoms with Crippen molar-refractivity contribution >= 4 is 17.6 Å². The third-order valence-electron chi connectivity index (χ3n) is 5.29. The maximum absolute atomic E-state index is 12.5. The lowest BCUT2D eigenvalue weighted by Gasteiger charge is -2.36. The zero-order valence-electron chi connectivity index (χ0n) is 18.2. The molecular formula is C24H30N2O5. The number of aryl methyl sites for hydroxylation is 1. The first-order chi connectivity index (χ1) is 15.1. The molecule has 0 aliphatic carbocycles. The minimum Gasteiger partial charge on any atom is -0.495 e. The molecule has 31 heavy (non-hydrogen) atoms. The Morgan fingerprint density at radius 2 is 1.61 bits per heavy atom. The number of rotatable bonds is 9. The van der Waals surface area contributed by atoms with E-state index in [9.17, 15) is 9.59 Å². The topological polar surface area (TPSA) is 68.3 Å². The number of ether oxygens (including phenoxy) is 3. The molecule has 0 saturated carbocycles. The fraction of sp³-hybridized carbons (Fsp3) is 0.417. The Hall–Kier alpha value is -3.22. The molecule has 7 nitrogen and oxygen atoms in total. The monoisotopic (exact) mass is 426 g/mol.